The van der Waals surface area contributed by atoms with Crippen LogP contribution in [0.4, 0.5) is 0 Å². The number of hydrogen-bond acceptors (Lipinski definition) is 4. The van der Waals surface area contributed by atoms with Crippen molar-refractivity contribution in [2.75, 3.05) is 13.8 Å². The first-order valence-corrected chi connectivity index (χ1v) is 8.19. The van der Waals surface area contributed by atoms with Crippen molar-refractivity contribution in [1.29, 1.82) is 0 Å². The predicted octanol–water partition coefficient (Wildman–Crippen LogP) is 3.67. The molecule has 0 N–H and O–H groups in total. The van der Waals surface area contributed by atoms with Crippen LogP contribution in [0.25, 0.3) is 11.0 Å². The first-order chi connectivity index (χ1) is 12.1. The molecule has 2 heterocycles. The lowest BCUT2D eigenvalue weighted by atomic mass is 10.1. The van der Waals surface area contributed by atoms with E-state index in [4.69, 9.17) is 13.9 Å². The molecule has 0 bridgehead atoms. The fourth-order valence-corrected chi connectivity index (χ4v) is 3.03. The van der Waals surface area contributed by atoms with Crippen LogP contribution < -0.4 is 9.47 Å². The number of carbonyl (C=O) groups excluding carboxylic acids is 1. The van der Waals surface area contributed by atoms with Gasteiger partial charge in [0.05, 0.1) is 12.7 Å². The molecule has 0 spiro atoms. The molecule has 1 amide bonds. The van der Waals surface area contributed by atoms with Crippen molar-refractivity contribution in [2.45, 2.75) is 19.9 Å². The maximum atomic E-state index is 12.6. The summed E-state index contributed by atoms with van der Waals surface area (Å²) in [6.07, 6.45) is 1.99. The summed E-state index contributed by atoms with van der Waals surface area (Å²) >= 11 is 0. The molecule has 0 fully saturated rings. The van der Waals surface area contributed by atoms with Crippen molar-refractivity contribution in [3.05, 3.63) is 59.4 Å². The monoisotopic (exact) mass is 337 g/mol. The molecule has 3 aromatic rings. The maximum Gasteiger partial charge on any atom is 0.231 e. The summed E-state index contributed by atoms with van der Waals surface area (Å²) in [5.41, 5.74) is 3.88. The van der Waals surface area contributed by atoms with Crippen LogP contribution in [0.1, 0.15) is 16.7 Å². The number of fused-ring (bicyclic) bond motifs is 2. The number of benzene rings is 2. The van der Waals surface area contributed by atoms with Gasteiger partial charge in [0.25, 0.3) is 0 Å². The molecular formula is C20H19NO4. The minimum atomic E-state index is 0.0425. The molecule has 4 rings (SSSR count). The molecule has 5 nitrogen and oxygen atoms in total. The van der Waals surface area contributed by atoms with Crippen LogP contribution >= 0.6 is 0 Å². The standard InChI is InChI=1S/C20H19NO4/c1-13-3-5-16-15(11-23-18(16)7-13)9-20(22)21(2)10-14-4-6-17-19(8-14)25-12-24-17/h3-8,11H,9-10,12H2,1-2H3. The Bertz CT molecular complexity index is 944. The lowest BCUT2D eigenvalue weighted by Crippen LogP contribution is -2.27. The number of ether oxygens (including phenoxy) is 2. The summed E-state index contributed by atoms with van der Waals surface area (Å²) < 4.78 is 16.3. The molecule has 1 aliphatic heterocycles. The average Bonchev–Trinajstić information content (AvgIpc) is 3.21. The molecular weight excluding hydrogens is 318 g/mol. The number of likely N-dealkylation sites (N-methyl/N-ethyl adjacent to an activating group) is 1. The normalized spacial score (nSPS) is 12.6. The average molecular weight is 337 g/mol. The molecule has 25 heavy (non-hydrogen) atoms. The highest BCUT2D eigenvalue weighted by molar-refractivity contribution is 5.87. The van der Waals surface area contributed by atoms with Gasteiger partial charge in [0, 0.05) is 24.5 Å². The van der Waals surface area contributed by atoms with E-state index in [1.165, 1.54) is 0 Å². The van der Waals surface area contributed by atoms with E-state index in [2.05, 4.69) is 0 Å². The minimum Gasteiger partial charge on any atom is -0.464 e. The smallest absolute Gasteiger partial charge is 0.231 e. The Kier molecular flexibility index (Phi) is 3.84. The Labute approximate surface area is 145 Å². The van der Waals surface area contributed by atoms with E-state index in [1.807, 2.05) is 43.3 Å². The van der Waals surface area contributed by atoms with E-state index in [0.29, 0.717) is 13.0 Å². The second kappa shape index (κ2) is 6.16. The Morgan fingerprint density at radius 3 is 2.84 bits per heavy atom. The molecule has 2 aromatic carbocycles. The summed E-state index contributed by atoms with van der Waals surface area (Å²) in [4.78, 5) is 14.3. The Balaban J connectivity index is 1.46. The van der Waals surface area contributed by atoms with Gasteiger partial charge in [-0.1, -0.05) is 18.2 Å². The highest BCUT2D eigenvalue weighted by atomic mass is 16.7. The first kappa shape index (κ1) is 15.6. The summed E-state index contributed by atoms with van der Waals surface area (Å²) in [5.74, 6) is 1.52. The highest BCUT2D eigenvalue weighted by Gasteiger charge is 2.17. The molecule has 0 atom stereocenters. The van der Waals surface area contributed by atoms with E-state index in [-0.39, 0.29) is 12.7 Å². The summed E-state index contributed by atoms with van der Waals surface area (Å²) in [6, 6.07) is 11.8. The number of rotatable bonds is 4. The number of furan rings is 1. The van der Waals surface area contributed by atoms with E-state index >= 15 is 0 Å². The molecule has 0 unspecified atom stereocenters. The van der Waals surface area contributed by atoms with Crippen molar-refractivity contribution in [3.8, 4) is 11.5 Å². The van der Waals surface area contributed by atoms with Crippen LogP contribution in [0, 0.1) is 6.92 Å². The fourth-order valence-electron chi connectivity index (χ4n) is 3.03. The van der Waals surface area contributed by atoms with Crippen LogP contribution in [-0.2, 0) is 17.8 Å². The van der Waals surface area contributed by atoms with Crippen molar-refractivity contribution in [2.24, 2.45) is 0 Å². The van der Waals surface area contributed by atoms with Gasteiger partial charge in [0.1, 0.15) is 5.58 Å². The Morgan fingerprint density at radius 2 is 1.96 bits per heavy atom. The van der Waals surface area contributed by atoms with Gasteiger partial charge in [-0.15, -0.1) is 0 Å². The zero-order valence-corrected chi connectivity index (χ0v) is 14.2. The van der Waals surface area contributed by atoms with Gasteiger partial charge in [-0.05, 0) is 36.2 Å². The molecule has 5 heteroatoms. The van der Waals surface area contributed by atoms with Crippen LogP contribution in [0.2, 0.25) is 0 Å². The Hall–Kier alpha value is -2.95. The quantitative estimate of drug-likeness (QED) is 0.729. The molecule has 0 saturated heterocycles. The topological polar surface area (TPSA) is 51.9 Å². The number of nitrogens with zero attached hydrogens (tertiary/aromatic N) is 1. The summed E-state index contributed by atoms with van der Waals surface area (Å²) in [6.45, 7) is 2.79. The minimum absolute atomic E-state index is 0.0425. The Morgan fingerprint density at radius 1 is 1.12 bits per heavy atom. The second-order valence-electron chi connectivity index (χ2n) is 6.37. The van der Waals surface area contributed by atoms with E-state index < -0.39 is 0 Å². The molecule has 1 aliphatic rings. The van der Waals surface area contributed by atoms with Crippen molar-refractivity contribution < 1.29 is 18.7 Å². The highest BCUT2D eigenvalue weighted by Crippen LogP contribution is 2.32. The first-order valence-electron chi connectivity index (χ1n) is 8.19. The zero-order chi connectivity index (χ0) is 17.4. The lowest BCUT2D eigenvalue weighted by molar-refractivity contribution is -0.129. The molecule has 0 saturated carbocycles. The van der Waals surface area contributed by atoms with Gasteiger partial charge in [0.15, 0.2) is 11.5 Å². The number of carbonyl (C=O) groups is 1. The molecule has 128 valence electrons. The van der Waals surface area contributed by atoms with Gasteiger partial charge < -0.3 is 18.8 Å². The third-order valence-corrected chi connectivity index (χ3v) is 4.44. The molecule has 0 aliphatic carbocycles. The number of hydrogen-bond donors (Lipinski definition) is 0. The van der Waals surface area contributed by atoms with Crippen molar-refractivity contribution >= 4 is 16.9 Å². The predicted molar refractivity (Wildman–Crippen MR) is 93.7 cm³/mol. The summed E-state index contributed by atoms with van der Waals surface area (Å²) in [5, 5.41) is 0.996. The molecule has 0 radical (unpaired) electrons. The van der Waals surface area contributed by atoms with Gasteiger partial charge in [-0.25, -0.2) is 0 Å². The SMILES string of the molecule is Cc1ccc2c(CC(=O)N(C)Cc3ccc4c(c3)OCO4)coc2c1. The van der Waals surface area contributed by atoms with Crippen molar-refractivity contribution in [1.82, 2.24) is 4.90 Å². The van der Waals surface area contributed by atoms with Crippen LogP contribution in [-0.4, -0.2) is 24.6 Å². The van der Waals surface area contributed by atoms with Crippen LogP contribution in [0.15, 0.2) is 47.1 Å². The second-order valence-corrected chi connectivity index (χ2v) is 6.37. The van der Waals surface area contributed by atoms with E-state index in [0.717, 1.165) is 39.2 Å². The summed E-state index contributed by atoms with van der Waals surface area (Å²) in [7, 11) is 1.80. The number of amides is 1. The van der Waals surface area contributed by atoms with Gasteiger partial charge >= 0.3 is 0 Å². The number of aryl methyl sites for hydroxylation is 1. The largest absolute Gasteiger partial charge is 0.464 e. The van der Waals surface area contributed by atoms with Gasteiger partial charge in [-0.2, -0.15) is 0 Å². The van der Waals surface area contributed by atoms with Gasteiger partial charge in [0.2, 0.25) is 12.7 Å². The van der Waals surface area contributed by atoms with Crippen LogP contribution in [0.3, 0.4) is 0 Å². The van der Waals surface area contributed by atoms with Crippen LogP contribution in [0.5, 0.6) is 11.5 Å². The maximum absolute atomic E-state index is 12.6. The third kappa shape index (κ3) is 3.05. The molecule has 1 aromatic heterocycles. The zero-order valence-electron chi connectivity index (χ0n) is 14.2. The van der Waals surface area contributed by atoms with E-state index in [9.17, 15) is 4.79 Å². The van der Waals surface area contributed by atoms with Gasteiger partial charge in [-0.3, -0.25) is 4.79 Å². The van der Waals surface area contributed by atoms with Crippen molar-refractivity contribution in [3.63, 3.8) is 0 Å². The lowest BCUT2D eigenvalue weighted by Gasteiger charge is -2.17. The van der Waals surface area contributed by atoms with E-state index in [1.54, 1.807) is 18.2 Å². The third-order valence-electron chi connectivity index (χ3n) is 4.44. The fraction of sp³-hybridized carbons (Fsp3) is 0.250.